The van der Waals surface area contributed by atoms with Gasteiger partial charge in [0.1, 0.15) is 16.6 Å². The van der Waals surface area contributed by atoms with Crippen molar-refractivity contribution < 1.29 is 9.59 Å². The summed E-state index contributed by atoms with van der Waals surface area (Å²) in [5.41, 5.74) is -0.673. The minimum absolute atomic E-state index is 0.0418. The number of thiazole rings is 1. The molecule has 5 nitrogen and oxygen atoms in total. The zero-order valence-corrected chi connectivity index (χ0v) is 13.3. The average Bonchev–Trinajstić information content (AvgIpc) is 3.01. The van der Waals surface area contributed by atoms with Crippen LogP contribution in [0.3, 0.4) is 0 Å². The van der Waals surface area contributed by atoms with Crippen LogP contribution in [0, 0.1) is 0 Å². The lowest BCUT2D eigenvalue weighted by Gasteiger charge is -2.48. The third kappa shape index (κ3) is 2.35. The van der Waals surface area contributed by atoms with E-state index in [9.17, 15) is 9.59 Å². The molecule has 114 valence electrons. The van der Waals surface area contributed by atoms with Gasteiger partial charge >= 0.3 is 0 Å². The van der Waals surface area contributed by atoms with E-state index in [2.05, 4.69) is 10.3 Å². The van der Waals surface area contributed by atoms with Crippen LogP contribution in [0.5, 0.6) is 0 Å². The molecule has 1 aromatic heterocycles. The number of hydrogen-bond acceptors (Lipinski definition) is 4. The molecule has 2 amide bonds. The molecule has 6 heteroatoms. The van der Waals surface area contributed by atoms with Gasteiger partial charge in [-0.25, -0.2) is 4.98 Å². The smallest absolute Gasteiger partial charge is 0.249 e. The van der Waals surface area contributed by atoms with Gasteiger partial charge in [0.15, 0.2) is 0 Å². The van der Waals surface area contributed by atoms with Crippen molar-refractivity contribution >= 4 is 23.2 Å². The van der Waals surface area contributed by atoms with Crippen molar-refractivity contribution in [3.63, 3.8) is 0 Å². The van der Waals surface area contributed by atoms with Crippen LogP contribution in [0.4, 0.5) is 0 Å². The van der Waals surface area contributed by atoms with Gasteiger partial charge in [-0.1, -0.05) is 19.3 Å². The number of piperazine rings is 1. The van der Waals surface area contributed by atoms with Gasteiger partial charge < -0.3 is 10.2 Å². The fourth-order valence-corrected chi connectivity index (χ4v) is 4.20. The van der Waals surface area contributed by atoms with E-state index in [1.54, 1.807) is 18.0 Å². The highest BCUT2D eigenvalue weighted by Crippen LogP contribution is 2.37. The Kier molecular flexibility index (Phi) is 3.73. The van der Waals surface area contributed by atoms with Gasteiger partial charge in [-0.2, -0.15) is 0 Å². The first-order valence-electron chi connectivity index (χ1n) is 7.59. The maximum atomic E-state index is 13.1. The minimum atomic E-state index is -0.673. The second-order valence-corrected chi connectivity index (χ2v) is 6.99. The van der Waals surface area contributed by atoms with E-state index in [-0.39, 0.29) is 17.9 Å². The lowest BCUT2D eigenvalue weighted by atomic mass is 9.78. The molecule has 1 aliphatic carbocycles. The highest BCUT2D eigenvalue weighted by Gasteiger charge is 2.51. The number of amides is 2. The Hall–Kier alpha value is -1.43. The molecule has 1 aliphatic heterocycles. The van der Waals surface area contributed by atoms with E-state index in [1.165, 1.54) is 11.3 Å². The molecule has 2 fully saturated rings. The van der Waals surface area contributed by atoms with Crippen LogP contribution in [0.1, 0.15) is 57.0 Å². The molecular formula is C15H21N3O2S. The van der Waals surface area contributed by atoms with Crippen molar-refractivity contribution in [1.29, 1.82) is 0 Å². The summed E-state index contributed by atoms with van der Waals surface area (Å²) in [6, 6.07) is -0.596. The summed E-state index contributed by atoms with van der Waals surface area (Å²) < 4.78 is 0. The Morgan fingerprint density at radius 2 is 2.10 bits per heavy atom. The van der Waals surface area contributed by atoms with Gasteiger partial charge in [-0.15, -0.1) is 11.3 Å². The number of nitrogens with one attached hydrogen (secondary N) is 1. The molecule has 0 bridgehead atoms. The molecular weight excluding hydrogens is 286 g/mol. The van der Waals surface area contributed by atoms with E-state index in [0.717, 1.165) is 37.1 Å². The summed E-state index contributed by atoms with van der Waals surface area (Å²) >= 11 is 1.53. The lowest BCUT2D eigenvalue weighted by molar-refractivity contribution is -0.158. The van der Waals surface area contributed by atoms with E-state index < -0.39 is 11.6 Å². The largest absolute Gasteiger partial charge is 0.340 e. The van der Waals surface area contributed by atoms with Crippen molar-refractivity contribution in [2.75, 3.05) is 0 Å². The highest BCUT2D eigenvalue weighted by atomic mass is 32.1. The lowest BCUT2D eigenvalue weighted by Crippen LogP contribution is -2.70. The Morgan fingerprint density at radius 3 is 2.71 bits per heavy atom. The predicted molar refractivity (Wildman–Crippen MR) is 80.8 cm³/mol. The number of hydrogen-bond donors (Lipinski definition) is 1. The number of aromatic nitrogens is 1. The van der Waals surface area contributed by atoms with E-state index in [1.807, 2.05) is 12.3 Å². The number of carbonyl (C=O) groups is 2. The number of rotatable bonds is 2. The van der Waals surface area contributed by atoms with Gasteiger partial charge in [0.2, 0.25) is 11.8 Å². The molecule has 2 unspecified atom stereocenters. The van der Waals surface area contributed by atoms with Crippen LogP contribution in [0.25, 0.3) is 0 Å². The van der Waals surface area contributed by atoms with Crippen molar-refractivity contribution in [1.82, 2.24) is 15.2 Å². The Morgan fingerprint density at radius 1 is 1.38 bits per heavy atom. The Labute approximate surface area is 128 Å². The molecule has 1 saturated heterocycles. The van der Waals surface area contributed by atoms with Gasteiger partial charge in [0, 0.05) is 11.6 Å². The summed E-state index contributed by atoms with van der Waals surface area (Å²) in [7, 11) is 0. The summed E-state index contributed by atoms with van der Waals surface area (Å²) in [4.78, 5) is 31.5. The van der Waals surface area contributed by atoms with Gasteiger partial charge in [-0.3, -0.25) is 9.59 Å². The molecule has 1 saturated carbocycles. The van der Waals surface area contributed by atoms with Crippen LogP contribution in [0.15, 0.2) is 11.6 Å². The minimum Gasteiger partial charge on any atom is -0.340 e. The number of carbonyl (C=O) groups excluding carboxylic acids is 2. The van der Waals surface area contributed by atoms with Crippen LogP contribution in [-0.2, 0) is 9.59 Å². The second kappa shape index (κ2) is 5.40. The fourth-order valence-electron chi connectivity index (χ4n) is 3.51. The van der Waals surface area contributed by atoms with Crippen LogP contribution >= 0.6 is 11.3 Å². The first-order chi connectivity index (χ1) is 10.1. The third-order valence-electron chi connectivity index (χ3n) is 4.74. The zero-order valence-electron chi connectivity index (χ0n) is 12.5. The van der Waals surface area contributed by atoms with Crippen LogP contribution in [-0.4, -0.2) is 33.3 Å². The van der Waals surface area contributed by atoms with E-state index >= 15 is 0 Å². The molecule has 2 heterocycles. The van der Waals surface area contributed by atoms with Gasteiger partial charge in [0.05, 0.1) is 6.04 Å². The summed E-state index contributed by atoms with van der Waals surface area (Å²) in [6.45, 7) is 3.76. The monoisotopic (exact) mass is 307 g/mol. The second-order valence-electron chi connectivity index (χ2n) is 6.07. The van der Waals surface area contributed by atoms with Gasteiger partial charge in [0.25, 0.3) is 0 Å². The predicted octanol–water partition coefficient (Wildman–Crippen LogP) is 2.25. The maximum absolute atomic E-state index is 13.1. The molecule has 0 radical (unpaired) electrons. The molecule has 2 atom stereocenters. The average molecular weight is 307 g/mol. The normalized spacial score (nSPS) is 26.8. The van der Waals surface area contributed by atoms with E-state index in [0.29, 0.717) is 0 Å². The van der Waals surface area contributed by atoms with Crippen molar-refractivity contribution in [3.8, 4) is 0 Å². The summed E-state index contributed by atoms with van der Waals surface area (Å²) in [5, 5.41) is 5.80. The molecule has 1 N–H and O–H groups in total. The van der Waals surface area contributed by atoms with Crippen LogP contribution in [0.2, 0.25) is 0 Å². The van der Waals surface area contributed by atoms with Crippen LogP contribution < -0.4 is 5.32 Å². The Bertz CT molecular complexity index is 537. The molecule has 1 spiro atoms. The van der Waals surface area contributed by atoms with Crippen molar-refractivity contribution in [2.24, 2.45) is 0 Å². The first-order valence-corrected chi connectivity index (χ1v) is 8.47. The third-order valence-corrected chi connectivity index (χ3v) is 5.68. The highest BCUT2D eigenvalue weighted by molar-refractivity contribution is 7.09. The Balaban J connectivity index is 1.93. The van der Waals surface area contributed by atoms with Crippen molar-refractivity contribution in [3.05, 3.63) is 16.6 Å². The number of nitrogens with zero attached hydrogens (tertiary/aromatic N) is 2. The molecule has 21 heavy (non-hydrogen) atoms. The summed E-state index contributed by atoms with van der Waals surface area (Å²) in [5.74, 6) is 0.0249. The van der Waals surface area contributed by atoms with E-state index in [4.69, 9.17) is 0 Å². The standard InChI is InChI=1S/C15H21N3O2S/c1-10-12(19)17-15(6-4-3-5-7-15)14(20)18(10)11(2)13-16-8-9-21-13/h8-11H,3-7H2,1-2H3,(H,17,19). The topological polar surface area (TPSA) is 62.3 Å². The quantitative estimate of drug-likeness (QED) is 0.911. The molecule has 3 rings (SSSR count). The molecule has 1 aromatic rings. The SMILES string of the molecule is CC1C(=O)NC2(CCCCC2)C(=O)N1C(C)c1nccs1. The summed E-state index contributed by atoms with van der Waals surface area (Å²) in [6.07, 6.45) is 6.39. The maximum Gasteiger partial charge on any atom is 0.249 e. The first kappa shape index (κ1) is 14.5. The zero-order chi connectivity index (χ0) is 15.0. The molecule has 2 aliphatic rings. The fraction of sp³-hybridized carbons (Fsp3) is 0.667. The van der Waals surface area contributed by atoms with Gasteiger partial charge in [-0.05, 0) is 26.7 Å². The molecule has 0 aromatic carbocycles. The van der Waals surface area contributed by atoms with Crippen molar-refractivity contribution in [2.45, 2.75) is 63.6 Å².